The Balaban J connectivity index is 1.52. The fourth-order valence-corrected chi connectivity index (χ4v) is 8.33. The minimum atomic E-state index is 0.346. The predicted octanol–water partition coefficient (Wildman–Crippen LogP) is 8.40. The van der Waals surface area contributed by atoms with E-state index < -0.39 is 0 Å². The Morgan fingerprint density at radius 2 is 1.93 bits per heavy atom. The third-order valence-corrected chi connectivity index (χ3v) is 9.72. The Hall–Kier alpha value is -1.24. The molecule has 4 aliphatic carbocycles. The van der Waals surface area contributed by atoms with Gasteiger partial charge in [0.15, 0.2) is 0 Å². The molecule has 0 spiro atoms. The summed E-state index contributed by atoms with van der Waals surface area (Å²) in [4.78, 5) is 0. The van der Waals surface area contributed by atoms with E-state index in [0.29, 0.717) is 16.9 Å². The summed E-state index contributed by atoms with van der Waals surface area (Å²) in [5.41, 5.74) is 3.83. The lowest BCUT2D eigenvalue weighted by molar-refractivity contribution is -0.0410. The summed E-state index contributed by atoms with van der Waals surface area (Å²) in [5, 5.41) is 0. The second kappa shape index (κ2) is 8.36. The van der Waals surface area contributed by atoms with Crippen LogP contribution in [0, 0.1) is 34.5 Å². The molecule has 0 saturated heterocycles. The van der Waals surface area contributed by atoms with Crippen molar-refractivity contribution in [2.75, 3.05) is 0 Å². The van der Waals surface area contributed by atoms with Crippen LogP contribution in [0.2, 0.25) is 0 Å². The zero-order chi connectivity index (χ0) is 21.5. The van der Waals surface area contributed by atoms with Gasteiger partial charge in [0.2, 0.25) is 0 Å². The van der Waals surface area contributed by atoms with Gasteiger partial charge >= 0.3 is 0 Å². The lowest BCUT2D eigenvalue weighted by Crippen LogP contribution is -2.50. The van der Waals surface area contributed by atoms with Crippen LogP contribution in [0.3, 0.4) is 0 Å². The molecule has 4 aliphatic rings. The van der Waals surface area contributed by atoms with Gasteiger partial charge in [-0.1, -0.05) is 36.8 Å². The maximum absolute atomic E-state index is 6.04. The van der Waals surface area contributed by atoms with Crippen LogP contribution in [0.25, 0.3) is 0 Å². The molecule has 0 aromatic carbocycles. The molecular weight excluding hydrogens is 364 g/mol. The van der Waals surface area contributed by atoms with E-state index in [0.717, 1.165) is 35.9 Å². The average molecular weight is 409 g/mol. The fraction of sp³-hybridized carbons (Fsp3) is 0.724. The largest absolute Gasteiger partial charge is 0.495 e. The minimum Gasteiger partial charge on any atom is -0.495 e. The highest BCUT2D eigenvalue weighted by atomic mass is 16.5. The molecular formula is C29H44O. The van der Waals surface area contributed by atoms with Gasteiger partial charge in [0.25, 0.3) is 0 Å². The molecule has 3 fully saturated rings. The maximum atomic E-state index is 6.04. The van der Waals surface area contributed by atoms with Gasteiger partial charge in [-0.25, -0.2) is 0 Å². The number of ether oxygens (including phenoxy) is 1. The van der Waals surface area contributed by atoms with Crippen LogP contribution in [0.1, 0.15) is 91.4 Å². The third-order valence-electron chi connectivity index (χ3n) is 9.72. The lowest BCUT2D eigenvalue weighted by Gasteiger charge is -2.58. The van der Waals surface area contributed by atoms with E-state index in [4.69, 9.17) is 4.74 Å². The Labute approximate surface area is 185 Å². The van der Waals surface area contributed by atoms with Crippen molar-refractivity contribution in [1.82, 2.24) is 0 Å². The number of hydrogen-bond donors (Lipinski definition) is 0. The molecule has 0 bridgehead atoms. The summed E-state index contributed by atoms with van der Waals surface area (Å²) in [5.74, 6) is 4.28. The minimum absolute atomic E-state index is 0.346. The van der Waals surface area contributed by atoms with Crippen LogP contribution in [0.4, 0.5) is 0 Å². The summed E-state index contributed by atoms with van der Waals surface area (Å²) in [6.07, 6.45) is 19.8. The van der Waals surface area contributed by atoms with E-state index in [9.17, 15) is 0 Å². The lowest BCUT2D eigenvalue weighted by atomic mass is 9.47. The summed E-state index contributed by atoms with van der Waals surface area (Å²) in [6, 6.07) is 0. The number of rotatable bonds is 7. The van der Waals surface area contributed by atoms with Crippen molar-refractivity contribution >= 4 is 0 Å². The zero-order valence-corrected chi connectivity index (χ0v) is 19.8. The zero-order valence-electron chi connectivity index (χ0n) is 19.8. The highest BCUT2D eigenvalue weighted by molar-refractivity contribution is 5.26. The van der Waals surface area contributed by atoms with E-state index >= 15 is 0 Å². The first-order valence-electron chi connectivity index (χ1n) is 12.6. The van der Waals surface area contributed by atoms with Crippen molar-refractivity contribution in [2.24, 2.45) is 34.5 Å². The standard InChI is InChI=1S/C29H44O/c1-7-29-18-16-26-25(27(29)14-12-22(29)10-8-9-20(2)3)13-11-23-19-24(30-21(4)5)15-17-28(23,26)6/h7,11,22,24-27H,1-2,4,8-10,12-19H2,3,5-6H3. The van der Waals surface area contributed by atoms with Crippen LogP contribution < -0.4 is 0 Å². The molecule has 1 nitrogen and oxygen atoms in total. The van der Waals surface area contributed by atoms with E-state index in [2.05, 4.69) is 45.7 Å². The molecule has 0 aromatic rings. The molecule has 0 heterocycles. The normalized spacial score (nSPS) is 42.4. The molecule has 0 aromatic heterocycles. The van der Waals surface area contributed by atoms with E-state index in [-0.39, 0.29) is 0 Å². The molecule has 7 unspecified atom stereocenters. The van der Waals surface area contributed by atoms with Gasteiger partial charge in [0, 0.05) is 6.42 Å². The van der Waals surface area contributed by atoms with Crippen LogP contribution in [-0.4, -0.2) is 6.10 Å². The summed E-state index contributed by atoms with van der Waals surface area (Å²) in [7, 11) is 0. The highest BCUT2D eigenvalue weighted by Crippen LogP contribution is 2.67. The Morgan fingerprint density at radius 3 is 2.63 bits per heavy atom. The van der Waals surface area contributed by atoms with Crippen molar-refractivity contribution in [1.29, 1.82) is 0 Å². The molecule has 0 aliphatic heterocycles. The third kappa shape index (κ3) is 3.65. The summed E-state index contributed by atoms with van der Waals surface area (Å²) in [6.45, 7) is 19.3. The predicted molar refractivity (Wildman–Crippen MR) is 128 cm³/mol. The number of allylic oxidation sites excluding steroid dienone is 4. The quantitative estimate of drug-likeness (QED) is 0.303. The molecule has 0 amide bonds. The Kier molecular flexibility index (Phi) is 6.12. The second-order valence-corrected chi connectivity index (χ2v) is 11.4. The van der Waals surface area contributed by atoms with Gasteiger partial charge in [-0.3, -0.25) is 0 Å². The van der Waals surface area contributed by atoms with Gasteiger partial charge < -0.3 is 4.74 Å². The number of hydrogen-bond acceptors (Lipinski definition) is 1. The van der Waals surface area contributed by atoms with Crippen LogP contribution in [0.15, 0.2) is 48.8 Å². The van der Waals surface area contributed by atoms with Crippen molar-refractivity contribution in [2.45, 2.75) is 97.5 Å². The van der Waals surface area contributed by atoms with Gasteiger partial charge in [-0.05, 0) is 113 Å². The van der Waals surface area contributed by atoms with E-state index in [1.54, 1.807) is 5.57 Å². The van der Waals surface area contributed by atoms with Crippen molar-refractivity contribution in [3.05, 3.63) is 48.8 Å². The fourth-order valence-electron chi connectivity index (χ4n) is 8.33. The van der Waals surface area contributed by atoms with Crippen LogP contribution >= 0.6 is 0 Å². The van der Waals surface area contributed by atoms with Gasteiger partial charge in [0.1, 0.15) is 6.10 Å². The Morgan fingerprint density at radius 1 is 1.13 bits per heavy atom. The smallest absolute Gasteiger partial charge is 0.102 e. The molecule has 4 rings (SSSR count). The molecule has 3 saturated carbocycles. The second-order valence-electron chi connectivity index (χ2n) is 11.4. The van der Waals surface area contributed by atoms with Crippen LogP contribution in [-0.2, 0) is 4.74 Å². The van der Waals surface area contributed by atoms with E-state index in [1.807, 2.05) is 6.92 Å². The summed E-state index contributed by atoms with van der Waals surface area (Å²) >= 11 is 0. The van der Waals surface area contributed by atoms with Gasteiger partial charge in [-0.15, -0.1) is 13.2 Å². The molecule has 30 heavy (non-hydrogen) atoms. The first kappa shape index (κ1) is 22.0. The number of fused-ring (bicyclic) bond motifs is 5. The topological polar surface area (TPSA) is 9.23 Å². The average Bonchev–Trinajstić information content (AvgIpc) is 3.07. The molecule has 1 heteroatoms. The van der Waals surface area contributed by atoms with E-state index in [1.165, 1.54) is 69.8 Å². The molecule has 0 radical (unpaired) electrons. The van der Waals surface area contributed by atoms with Crippen molar-refractivity contribution in [3.8, 4) is 0 Å². The van der Waals surface area contributed by atoms with Crippen molar-refractivity contribution in [3.63, 3.8) is 0 Å². The summed E-state index contributed by atoms with van der Waals surface area (Å²) < 4.78 is 6.04. The molecule has 0 N–H and O–H groups in total. The maximum Gasteiger partial charge on any atom is 0.102 e. The van der Waals surface area contributed by atoms with Gasteiger partial charge in [-0.2, -0.15) is 0 Å². The first-order valence-corrected chi connectivity index (χ1v) is 12.6. The SMILES string of the molecule is C=CC12CCC3C(CC=C4CC(OC(=C)C)CCC43C)C1CCC2CCCC(=C)C. The van der Waals surface area contributed by atoms with Crippen LogP contribution in [0.5, 0.6) is 0 Å². The molecule has 7 atom stereocenters. The highest BCUT2D eigenvalue weighted by Gasteiger charge is 2.59. The Bertz CT molecular complexity index is 729. The van der Waals surface area contributed by atoms with Crippen molar-refractivity contribution < 1.29 is 4.74 Å². The first-order chi connectivity index (χ1) is 14.3. The monoisotopic (exact) mass is 408 g/mol. The molecule has 166 valence electrons. The van der Waals surface area contributed by atoms with Gasteiger partial charge in [0.05, 0.1) is 5.76 Å².